The molecule has 0 atom stereocenters. The maximum atomic E-state index is 12.9. The lowest BCUT2D eigenvalue weighted by Gasteiger charge is -2.05. The molecule has 0 aliphatic rings. The maximum Gasteiger partial charge on any atom is 0.269 e. The molecule has 0 aliphatic heterocycles. The molecule has 0 fully saturated rings. The molecule has 6 heteroatoms. The molecule has 0 aliphatic carbocycles. The largest absolute Gasteiger partial charge is 0.325 e. The summed E-state index contributed by atoms with van der Waals surface area (Å²) in [5.41, 5.74) is 4.68. The summed E-state index contributed by atoms with van der Waals surface area (Å²) in [7, 11) is 0. The molecule has 0 aromatic carbocycles. The van der Waals surface area contributed by atoms with E-state index in [0.29, 0.717) is 0 Å². The van der Waals surface area contributed by atoms with Gasteiger partial charge < -0.3 is 5.73 Å². The van der Waals surface area contributed by atoms with Crippen LogP contribution < -0.4 is 5.73 Å². The lowest BCUT2D eigenvalue weighted by Crippen LogP contribution is -2.04. The average molecular weight is 255 g/mol. The second kappa shape index (κ2) is 4.06. The Morgan fingerprint density at radius 2 is 2.15 bits per heavy atom. The summed E-state index contributed by atoms with van der Waals surface area (Å²) in [6.45, 7) is 0.0129. The molecule has 2 nitrogen and oxygen atoms in total. The van der Waals surface area contributed by atoms with E-state index in [2.05, 4.69) is 20.9 Å². The van der Waals surface area contributed by atoms with Gasteiger partial charge >= 0.3 is 0 Å². The van der Waals surface area contributed by atoms with Gasteiger partial charge in [0.2, 0.25) is 0 Å². The molecule has 2 N–H and O–H groups in total. The molecule has 0 bridgehead atoms. The highest BCUT2D eigenvalue weighted by Gasteiger charge is 2.19. The second-order valence-corrected chi connectivity index (χ2v) is 3.06. The van der Waals surface area contributed by atoms with Crippen molar-refractivity contribution < 1.29 is 13.2 Å². The number of halogens is 4. The van der Waals surface area contributed by atoms with E-state index >= 15 is 0 Å². The van der Waals surface area contributed by atoms with Crippen LogP contribution in [0.25, 0.3) is 0 Å². The predicted molar refractivity (Wildman–Crippen MR) is 44.7 cm³/mol. The fourth-order valence-corrected chi connectivity index (χ4v) is 1.43. The van der Waals surface area contributed by atoms with E-state index in [4.69, 9.17) is 5.73 Å². The van der Waals surface area contributed by atoms with E-state index in [-0.39, 0.29) is 16.8 Å². The molecule has 1 aromatic heterocycles. The highest BCUT2D eigenvalue weighted by Crippen LogP contribution is 2.28. The van der Waals surface area contributed by atoms with Crippen LogP contribution in [0.4, 0.5) is 13.2 Å². The number of aromatic nitrogens is 1. The summed E-state index contributed by atoms with van der Waals surface area (Å²) in [4.78, 5) is 3.65. The summed E-state index contributed by atoms with van der Waals surface area (Å²) >= 11 is 2.75. The minimum absolute atomic E-state index is 0.0129. The average Bonchev–Trinajstić information content (AvgIpc) is 2.02. The van der Waals surface area contributed by atoms with Crippen LogP contribution in [-0.2, 0) is 6.54 Å². The third-order valence-corrected chi connectivity index (χ3v) is 2.05. The Hall–Kier alpha value is -0.620. The third-order valence-electron chi connectivity index (χ3n) is 1.44. The van der Waals surface area contributed by atoms with Crippen molar-refractivity contribution in [3.63, 3.8) is 0 Å². The Morgan fingerprint density at radius 3 is 2.54 bits per heavy atom. The number of nitrogens with zero attached hydrogens (tertiary/aromatic N) is 1. The molecule has 1 aromatic rings. The molecule has 1 heterocycles. The summed E-state index contributed by atoms with van der Waals surface area (Å²) < 4.78 is 37.1. The van der Waals surface area contributed by atoms with Crippen LogP contribution in [-0.4, -0.2) is 4.98 Å². The van der Waals surface area contributed by atoms with Crippen LogP contribution in [0.3, 0.4) is 0 Å². The fraction of sp³-hybridized carbons (Fsp3) is 0.286. The first kappa shape index (κ1) is 10.5. The van der Waals surface area contributed by atoms with Gasteiger partial charge in [-0.1, -0.05) is 0 Å². The van der Waals surface area contributed by atoms with Crippen LogP contribution >= 0.6 is 15.9 Å². The normalized spacial score (nSPS) is 10.9. The Kier molecular flexibility index (Phi) is 3.27. The smallest absolute Gasteiger partial charge is 0.269 e. The van der Waals surface area contributed by atoms with Gasteiger partial charge in [0.25, 0.3) is 6.43 Å². The van der Waals surface area contributed by atoms with Gasteiger partial charge in [0, 0.05) is 6.54 Å². The van der Waals surface area contributed by atoms with Crippen LogP contribution in [0, 0.1) is 5.82 Å². The zero-order valence-corrected chi connectivity index (χ0v) is 7.98. The molecular formula is C7H6BrF3N2. The minimum Gasteiger partial charge on any atom is -0.325 e. The number of hydrogen-bond donors (Lipinski definition) is 1. The van der Waals surface area contributed by atoms with Crippen molar-refractivity contribution in [2.45, 2.75) is 13.0 Å². The molecule has 0 saturated heterocycles. The zero-order chi connectivity index (χ0) is 10.0. The minimum atomic E-state index is -2.88. The van der Waals surface area contributed by atoms with Gasteiger partial charge in [-0.15, -0.1) is 0 Å². The Labute approximate surface area is 81.1 Å². The van der Waals surface area contributed by atoms with Crippen LogP contribution in [0.5, 0.6) is 0 Å². The van der Waals surface area contributed by atoms with Crippen molar-refractivity contribution in [3.8, 4) is 0 Å². The van der Waals surface area contributed by atoms with E-state index in [9.17, 15) is 13.2 Å². The number of alkyl halides is 2. The van der Waals surface area contributed by atoms with E-state index in [1.807, 2.05) is 0 Å². The van der Waals surface area contributed by atoms with Gasteiger partial charge in [0.1, 0.15) is 10.4 Å². The SMILES string of the molecule is NCc1cc(F)c(C(F)F)c(Br)n1. The molecule has 0 saturated carbocycles. The molecule has 0 spiro atoms. The summed E-state index contributed by atoms with van der Waals surface area (Å²) in [6, 6.07) is 0.909. The highest BCUT2D eigenvalue weighted by atomic mass is 79.9. The van der Waals surface area contributed by atoms with E-state index in [0.717, 1.165) is 6.07 Å². The van der Waals surface area contributed by atoms with Crippen molar-refractivity contribution in [1.29, 1.82) is 0 Å². The molecule has 13 heavy (non-hydrogen) atoms. The van der Waals surface area contributed by atoms with Crippen molar-refractivity contribution in [3.05, 3.63) is 27.7 Å². The fourth-order valence-electron chi connectivity index (χ4n) is 0.840. The van der Waals surface area contributed by atoms with Crippen molar-refractivity contribution >= 4 is 15.9 Å². The van der Waals surface area contributed by atoms with Gasteiger partial charge in [-0.05, 0) is 22.0 Å². The van der Waals surface area contributed by atoms with Crippen molar-refractivity contribution in [2.75, 3.05) is 0 Å². The van der Waals surface area contributed by atoms with Crippen molar-refractivity contribution in [1.82, 2.24) is 4.98 Å². The van der Waals surface area contributed by atoms with Crippen molar-refractivity contribution in [2.24, 2.45) is 5.73 Å². The standard InChI is InChI=1S/C7H6BrF3N2/c8-6-5(7(10)11)4(9)1-3(2-12)13-6/h1,7H,2,12H2. The quantitative estimate of drug-likeness (QED) is 0.824. The van der Waals surface area contributed by atoms with E-state index < -0.39 is 17.8 Å². The van der Waals surface area contributed by atoms with E-state index in [1.54, 1.807) is 0 Å². The maximum absolute atomic E-state index is 12.9. The van der Waals surface area contributed by atoms with Gasteiger partial charge in [0.05, 0.1) is 11.3 Å². The van der Waals surface area contributed by atoms with Crippen LogP contribution in [0.15, 0.2) is 10.7 Å². The van der Waals surface area contributed by atoms with Gasteiger partial charge in [-0.3, -0.25) is 0 Å². The zero-order valence-electron chi connectivity index (χ0n) is 6.40. The molecule has 1 rings (SSSR count). The van der Waals surface area contributed by atoms with Crippen LogP contribution in [0.1, 0.15) is 17.7 Å². The number of pyridine rings is 1. The first-order chi connectivity index (χ1) is 6.06. The monoisotopic (exact) mass is 254 g/mol. The molecule has 72 valence electrons. The van der Waals surface area contributed by atoms with Gasteiger partial charge in [-0.25, -0.2) is 18.2 Å². The summed E-state index contributed by atoms with van der Waals surface area (Å²) in [6.07, 6.45) is -2.88. The number of hydrogen-bond acceptors (Lipinski definition) is 2. The predicted octanol–water partition coefficient (Wildman–Crippen LogP) is 2.38. The first-order valence-corrected chi connectivity index (χ1v) is 4.18. The van der Waals surface area contributed by atoms with E-state index in [1.165, 1.54) is 0 Å². The third kappa shape index (κ3) is 2.19. The molecule has 0 unspecified atom stereocenters. The number of rotatable bonds is 2. The lowest BCUT2D eigenvalue weighted by molar-refractivity contribution is 0.144. The molecule has 0 radical (unpaired) electrons. The van der Waals surface area contributed by atoms with Gasteiger partial charge in [-0.2, -0.15) is 0 Å². The summed E-state index contributed by atoms with van der Waals surface area (Å²) in [5.74, 6) is -0.989. The van der Waals surface area contributed by atoms with Gasteiger partial charge in [0.15, 0.2) is 0 Å². The molecular weight excluding hydrogens is 249 g/mol. The topological polar surface area (TPSA) is 38.9 Å². The Balaban J connectivity index is 3.23. The Bertz CT molecular complexity index is 294. The Morgan fingerprint density at radius 1 is 1.54 bits per heavy atom. The second-order valence-electron chi connectivity index (χ2n) is 2.30. The summed E-state index contributed by atoms with van der Waals surface area (Å²) in [5, 5.41) is 0. The number of nitrogens with two attached hydrogens (primary N) is 1. The van der Waals surface area contributed by atoms with Crippen LogP contribution in [0.2, 0.25) is 0 Å². The first-order valence-electron chi connectivity index (χ1n) is 3.39. The lowest BCUT2D eigenvalue weighted by atomic mass is 10.2. The molecule has 0 amide bonds. The highest BCUT2D eigenvalue weighted by molar-refractivity contribution is 9.10.